The molecule has 32 heavy (non-hydrogen) atoms. The Balaban J connectivity index is 1.36. The first-order valence-electron chi connectivity index (χ1n) is 11.4. The maximum Gasteiger partial charge on any atom is 0.115 e. The second kappa shape index (κ2) is 10.2. The van der Waals surface area contributed by atoms with Crippen LogP contribution in [0.2, 0.25) is 0 Å². The van der Waals surface area contributed by atoms with Crippen molar-refractivity contribution in [3.8, 4) is 0 Å². The number of aromatic nitrogens is 1. The van der Waals surface area contributed by atoms with Crippen LogP contribution in [0.1, 0.15) is 53.8 Å². The standard InChI is InChI=1S/C24H33N5O2S/c1-3-19-12-20-23(32-19)7-11-31-24(20)8-10-29(17(2)13-24)16-18(28-25)14-26-15-22(30)21-6-4-5-9-27-21/h4-6,9,12,14,17,22,30H,3,7-8,10-11,13,15-16,25H2,1-2H3/b26-14?,28-18+/t17-,22?,24+/m0/s1. The summed E-state index contributed by atoms with van der Waals surface area (Å²) in [7, 11) is 0. The second-order valence-corrected chi connectivity index (χ2v) is 9.88. The molecule has 1 spiro atoms. The average molecular weight is 456 g/mol. The molecular formula is C24H33N5O2S. The summed E-state index contributed by atoms with van der Waals surface area (Å²) in [5.41, 5.74) is 2.58. The van der Waals surface area contributed by atoms with Crippen molar-refractivity contribution in [2.24, 2.45) is 15.9 Å². The van der Waals surface area contributed by atoms with E-state index < -0.39 is 6.10 Å². The number of ether oxygens (including phenoxy) is 1. The Morgan fingerprint density at radius 2 is 2.38 bits per heavy atom. The SMILES string of the molecule is CCc1cc2c(s1)CCO[C@@]21CCN(C/C(C=NCC(O)c2ccccn2)=N/N)[C@@H](C)C1. The molecule has 0 bridgehead atoms. The first-order chi connectivity index (χ1) is 15.5. The molecule has 3 atom stereocenters. The van der Waals surface area contributed by atoms with E-state index in [9.17, 15) is 5.11 Å². The van der Waals surface area contributed by atoms with E-state index in [1.807, 2.05) is 23.5 Å². The van der Waals surface area contributed by atoms with Crippen molar-refractivity contribution < 1.29 is 9.84 Å². The Morgan fingerprint density at radius 3 is 3.09 bits per heavy atom. The molecule has 2 aliphatic heterocycles. The van der Waals surface area contributed by atoms with Crippen molar-refractivity contribution >= 4 is 23.3 Å². The number of piperidine rings is 1. The van der Waals surface area contributed by atoms with Crippen LogP contribution in [0, 0.1) is 0 Å². The molecule has 0 amide bonds. The van der Waals surface area contributed by atoms with Crippen LogP contribution in [0.15, 0.2) is 40.6 Å². The normalized spacial score (nSPS) is 25.3. The van der Waals surface area contributed by atoms with Crippen LogP contribution in [0.4, 0.5) is 0 Å². The predicted octanol–water partition coefficient (Wildman–Crippen LogP) is 3.08. The second-order valence-electron chi connectivity index (χ2n) is 8.65. The average Bonchev–Trinajstić information content (AvgIpc) is 3.26. The molecule has 7 nitrogen and oxygen atoms in total. The zero-order chi connectivity index (χ0) is 22.6. The number of aryl methyl sites for hydroxylation is 1. The van der Waals surface area contributed by atoms with E-state index in [1.165, 1.54) is 15.3 Å². The number of aliphatic hydroxyl groups excluding tert-OH is 1. The summed E-state index contributed by atoms with van der Waals surface area (Å²) in [6.07, 6.45) is 6.65. The van der Waals surface area contributed by atoms with Crippen LogP contribution in [-0.2, 0) is 23.2 Å². The number of hydrazone groups is 1. The highest BCUT2D eigenvalue weighted by Gasteiger charge is 2.44. The van der Waals surface area contributed by atoms with E-state index in [-0.39, 0.29) is 12.1 Å². The smallest absolute Gasteiger partial charge is 0.115 e. The Morgan fingerprint density at radius 1 is 1.50 bits per heavy atom. The maximum absolute atomic E-state index is 10.2. The monoisotopic (exact) mass is 455 g/mol. The van der Waals surface area contributed by atoms with Gasteiger partial charge in [0.25, 0.3) is 0 Å². The van der Waals surface area contributed by atoms with Crippen molar-refractivity contribution in [3.63, 3.8) is 0 Å². The number of hydrogen-bond donors (Lipinski definition) is 2. The van der Waals surface area contributed by atoms with Gasteiger partial charge < -0.3 is 15.7 Å². The quantitative estimate of drug-likeness (QED) is 0.380. The van der Waals surface area contributed by atoms with Gasteiger partial charge in [-0.05, 0) is 49.9 Å². The fourth-order valence-corrected chi connectivity index (χ4v) is 5.94. The summed E-state index contributed by atoms with van der Waals surface area (Å²) < 4.78 is 6.44. The lowest BCUT2D eigenvalue weighted by molar-refractivity contribution is -0.108. The molecule has 2 aromatic heterocycles. The Hall–Kier alpha value is -2.13. The van der Waals surface area contributed by atoms with Crippen molar-refractivity contribution in [1.29, 1.82) is 0 Å². The van der Waals surface area contributed by atoms with Crippen LogP contribution in [0.5, 0.6) is 0 Å². The van der Waals surface area contributed by atoms with E-state index in [1.54, 1.807) is 18.5 Å². The largest absolute Gasteiger partial charge is 0.385 e. The minimum Gasteiger partial charge on any atom is -0.385 e. The van der Waals surface area contributed by atoms with Gasteiger partial charge in [-0.25, -0.2) is 0 Å². The summed E-state index contributed by atoms with van der Waals surface area (Å²) >= 11 is 1.96. The first kappa shape index (κ1) is 23.0. The van der Waals surface area contributed by atoms with E-state index in [4.69, 9.17) is 10.6 Å². The molecule has 0 aromatic carbocycles. The molecule has 0 radical (unpaired) electrons. The number of thiophene rings is 1. The molecule has 2 aliphatic rings. The highest BCUT2D eigenvalue weighted by Crippen LogP contribution is 2.46. The lowest BCUT2D eigenvalue weighted by Crippen LogP contribution is -2.51. The molecule has 0 saturated carbocycles. The Kier molecular flexibility index (Phi) is 7.35. The van der Waals surface area contributed by atoms with Gasteiger partial charge in [0.05, 0.1) is 30.2 Å². The van der Waals surface area contributed by atoms with Crippen molar-refractivity contribution in [2.45, 2.75) is 57.3 Å². The predicted molar refractivity (Wildman–Crippen MR) is 129 cm³/mol. The highest BCUT2D eigenvalue weighted by molar-refractivity contribution is 7.12. The lowest BCUT2D eigenvalue weighted by atomic mass is 9.79. The number of nitrogens with zero attached hydrogens (tertiary/aromatic N) is 4. The molecule has 3 N–H and O–H groups in total. The summed E-state index contributed by atoms with van der Waals surface area (Å²) in [6.45, 7) is 7.06. The van der Waals surface area contributed by atoms with Gasteiger partial charge in [-0.15, -0.1) is 11.3 Å². The fraction of sp³-hybridized carbons (Fsp3) is 0.542. The van der Waals surface area contributed by atoms with E-state index in [0.717, 1.165) is 38.8 Å². The molecular weight excluding hydrogens is 422 g/mol. The third-order valence-electron chi connectivity index (χ3n) is 6.54. The number of nitrogens with two attached hydrogens (primary N) is 1. The van der Waals surface area contributed by atoms with Gasteiger partial charge in [-0.2, -0.15) is 5.10 Å². The molecule has 2 aromatic rings. The summed E-state index contributed by atoms with van der Waals surface area (Å²) in [5, 5.41) is 14.2. The number of aliphatic hydroxyl groups is 1. The minimum atomic E-state index is -0.739. The number of fused-ring (bicyclic) bond motifs is 2. The van der Waals surface area contributed by atoms with Crippen LogP contribution >= 0.6 is 11.3 Å². The minimum absolute atomic E-state index is 0.158. The van der Waals surface area contributed by atoms with Gasteiger partial charge in [0, 0.05) is 47.7 Å². The zero-order valence-electron chi connectivity index (χ0n) is 18.9. The molecule has 1 unspecified atom stereocenters. The van der Waals surface area contributed by atoms with Crippen molar-refractivity contribution in [2.75, 3.05) is 26.2 Å². The molecule has 1 saturated heterocycles. The first-order valence-corrected chi connectivity index (χ1v) is 12.2. The van der Waals surface area contributed by atoms with Gasteiger partial charge in [0.1, 0.15) is 6.10 Å². The third kappa shape index (κ3) is 4.93. The van der Waals surface area contributed by atoms with Crippen molar-refractivity contribution in [3.05, 3.63) is 51.5 Å². The van der Waals surface area contributed by atoms with Crippen LogP contribution < -0.4 is 5.84 Å². The van der Waals surface area contributed by atoms with E-state index >= 15 is 0 Å². The lowest BCUT2D eigenvalue weighted by Gasteiger charge is -2.47. The van der Waals surface area contributed by atoms with Crippen LogP contribution in [0.25, 0.3) is 0 Å². The number of likely N-dealkylation sites (tertiary alicyclic amines) is 1. The molecule has 172 valence electrons. The van der Waals surface area contributed by atoms with Gasteiger partial charge in [0.2, 0.25) is 0 Å². The van der Waals surface area contributed by atoms with Crippen molar-refractivity contribution in [1.82, 2.24) is 9.88 Å². The Bertz CT molecular complexity index is 961. The van der Waals surface area contributed by atoms with Gasteiger partial charge >= 0.3 is 0 Å². The summed E-state index contributed by atoms with van der Waals surface area (Å²) in [4.78, 5) is 13.9. The van der Waals surface area contributed by atoms with Gasteiger partial charge in [-0.3, -0.25) is 14.9 Å². The van der Waals surface area contributed by atoms with Crippen LogP contribution in [-0.4, -0.2) is 59.2 Å². The van der Waals surface area contributed by atoms with Gasteiger partial charge in [0.15, 0.2) is 0 Å². The number of aliphatic imine (C=N–C) groups is 1. The van der Waals surface area contributed by atoms with Gasteiger partial charge in [-0.1, -0.05) is 13.0 Å². The van der Waals surface area contributed by atoms with E-state index in [2.05, 4.69) is 39.9 Å². The molecule has 0 aliphatic carbocycles. The molecule has 4 heterocycles. The number of pyridine rings is 1. The zero-order valence-corrected chi connectivity index (χ0v) is 19.7. The third-order valence-corrected chi connectivity index (χ3v) is 7.88. The van der Waals surface area contributed by atoms with Crippen LogP contribution in [0.3, 0.4) is 0 Å². The van der Waals surface area contributed by atoms with E-state index in [0.29, 0.717) is 24.0 Å². The fourth-order valence-electron chi connectivity index (χ4n) is 4.76. The number of rotatable bonds is 7. The highest BCUT2D eigenvalue weighted by atomic mass is 32.1. The molecule has 4 rings (SSSR count). The summed E-state index contributed by atoms with van der Waals surface area (Å²) in [6, 6.07) is 8.18. The number of hydrogen-bond acceptors (Lipinski definition) is 8. The molecule has 1 fully saturated rings. The summed E-state index contributed by atoms with van der Waals surface area (Å²) in [5.74, 6) is 5.65. The Labute approximate surface area is 194 Å². The topological polar surface area (TPSA) is 96.3 Å². The molecule has 8 heteroatoms. The maximum atomic E-state index is 10.2.